The number of unbranched alkanes of at least 4 members (excludes halogenated alkanes) is 2. The Labute approximate surface area is 177 Å². The predicted octanol–water partition coefficient (Wildman–Crippen LogP) is 3.22. The molecule has 10 nitrogen and oxygen atoms in total. The van der Waals surface area contributed by atoms with Crippen LogP contribution in [0, 0.1) is 10.1 Å². The average molecular weight is 423 g/mol. The van der Waals surface area contributed by atoms with Crippen molar-refractivity contribution in [1.82, 2.24) is 20.1 Å². The number of nitrogens with one attached hydrogen (secondary N) is 1. The van der Waals surface area contributed by atoms with Crippen LogP contribution in [0.4, 0.5) is 5.69 Å². The minimum atomic E-state index is -0.835. The molecule has 10 heteroatoms. The Morgan fingerprint density at radius 2 is 1.74 bits per heavy atom. The fourth-order valence-electron chi connectivity index (χ4n) is 2.94. The van der Waals surface area contributed by atoms with Crippen molar-refractivity contribution in [2.24, 2.45) is 0 Å². The van der Waals surface area contributed by atoms with Crippen molar-refractivity contribution in [1.29, 1.82) is 0 Å². The van der Waals surface area contributed by atoms with Gasteiger partial charge in [0.25, 0.3) is 11.6 Å². The third-order valence-corrected chi connectivity index (χ3v) is 4.50. The minimum absolute atomic E-state index is 0.0252. The number of amides is 1. The van der Waals surface area contributed by atoms with Crippen LogP contribution >= 0.6 is 0 Å². The van der Waals surface area contributed by atoms with Crippen LogP contribution in [0.1, 0.15) is 36.3 Å². The summed E-state index contributed by atoms with van der Waals surface area (Å²) in [7, 11) is 0. The van der Waals surface area contributed by atoms with Gasteiger partial charge >= 0.3 is 5.97 Å². The van der Waals surface area contributed by atoms with E-state index >= 15 is 0 Å². The summed E-state index contributed by atoms with van der Waals surface area (Å²) in [5, 5.41) is 26.6. The number of nitro benzene ring substituents is 1. The van der Waals surface area contributed by atoms with E-state index in [4.69, 9.17) is 5.11 Å². The number of carboxylic acid groups (broad SMARTS) is 1. The van der Waals surface area contributed by atoms with E-state index in [2.05, 4.69) is 15.4 Å². The van der Waals surface area contributed by atoms with Gasteiger partial charge in [0, 0.05) is 30.7 Å². The van der Waals surface area contributed by atoms with Crippen molar-refractivity contribution in [2.45, 2.75) is 25.7 Å². The van der Waals surface area contributed by atoms with E-state index in [1.54, 1.807) is 12.1 Å². The highest BCUT2D eigenvalue weighted by Crippen LogP contribution is 2.22. The molecule has 0 unspecified atom stereocenters. The van der Waals surface area contributed by atoms with Crippen molar-refractivity contribution in [2.75, 3.05) is 6.54 Å². The SMILES string of the molecule is O=C(O)CCCCCNC(=O)c1nc(-c2ccccc2)n(-c2ccc([N+](=O)[O-])cc2)n1. The molecule has 0 aliphatic rings. The predicted molar refractivity (Wildman–Crippen MR) is 112 cm³/mol. The Hall–Kier alpha value is -4.08. The molecule has 0 radical (unpaired) electrons. The highest BCUT2D eigenvalue weighted by Gasteiger charge is 2.19. The second-order valence-electron chi connectivity index (χ2n) is 6.77. The molecule has 0 bridgehead atoms. The number of nitro groups is 1. The summed E-state index contributed by atoms with van der Waals surface area (Å²) in [5.74, 6) is -0.877. The van der Waals surface area contributed by atoms with Crippen LogP contribution in [0.5, 0.6) is 0 Å². The molecule has 0 aliphatic heterocycles. The number of carbonyl (C=O) groups is 2. The van der Waals surface area contributed by atoms with Gasteiger partial charge in [0.2, 0.25) is 5.82 Å². The third-order valence-electron chi connectivity index (χ3n) is 4.50. The first-order chi connectivity index (χ1) is 15.0. The lowest BCUT2D eigenvalue weighted by atomic mass is 10.2. The van der Waals surface area contributed by atoms with Gasteiger partial charge in [-0.1, -0.05) is 36.8 Å². The van der Waals surface area contributed by atoms with Crippen LogP contribution in [0.2, 0.25) is 0 Å². The first-order valence-corrected chi connectivity index (χ1v) is 9.73. The lowest BCUT2D eigenvalue weighted by Gasteiger charge is -2.05. The largest absolute Gasteiger partial charge is 0.481 e. The van der Waals surface area contributed by atoms with E-state index in [0.717, 1.165) is 5.56 Å². The normalized spacial score (nSPS) is 10.6. The fraction of sp³-hybridized carbons (Fsp3) is 0.238. The number of non-ortho nitro benzene ring substituents is 1. The molecule has 160 valence electrons. The summed E-state index contributed by atoms with van der Waals surface area (Å²) < 4.78 is 1.47. The lowest BCUT2D eigenvalue weighted by molar-refractivity contribution is -0.384. The second-order valence-corrected chi connectivity index (χ2v) is 6.77. The Morgan fingerprint density at radius 3 is 2.39 bits per heavy atom. The van der Waals surface area contributed by atoms with Crippen LogP contribution < -0.4 is 5.32 Å². The van der Waals surface area contributed by atoms with Crippen LogP contribution in [0.15, 0.2) is 54.6 Å². The van der Waals surface area contributed by atoms with Gasteiger partial charge in [-0.25, -0.2) is 9.67 Å². The quantitative estimate of drug-likeness (QED) is 0.290. The zero-order valence-electron chi connectivity index (χ0n) is 16.6. The molecule has 1 amide bonds. The molecule has 0 saturated heterocycles. The number of aromatic nitrogens is 3. The van der Waals surface area contributed by atoms with Crippen molar-refractivity contribution in [3.8, 4) is 17.1 Å². The fourth-order valence-corrected chi connectivity index (χ4v) is 2.94. The highest BCUT2D eigenvalue weighted by molar-refractivity contribution is 5.91. The topological polar surface area (TPSA) is 140 Å². The number of hydrogen-bond acceptors (Lipinski definition) is 6. The molecular formula is C21H21N5O5. The van der Waals surface area contributed by atoms with Crippen molar-refractivity contribution in [3.63, 3.8) is 0 Å². The van der Waals surface area contributed by atoms with Crippen molar-refractivity contribution >= 4 is 17.6 Å². The van der Waals surface area contributed by atoms with Gasteiger partial charge in [0.15, 0.2) is 5.82 Å². The molecule has 31 heavy (non-hydrogen) atoms. The Kier molecular flexibility index (Phi) is 7.05. The van der Waals surface area contributed by atoms with E-state index in [0.29, 0.717) is 37.3 Å². The summed E-state index contributed by atoms with van der Waals surface area (Å²) in [6.07, 6.45) is 1.99. The van der Waals surface area contributed by atoms with Gasteiger partial charge in [0.05, 0.1) is 10.6 Å². The molecule has 0 atom stereocenters. The smallest absolute Gasteiger partial charge is 0.303 e. The Bertz CT molecular complexity index is 1060. The molecule has 3 aromatic rings. The van der Waals surface area contributed by atoms with Gasteiger partial charge < -0.3 is 10.4 Å². The Balaban J connectivity index is 1.78. The van der Waals surface area contributed by atoms with Gasteiger partial charge in [-0.2, -0.15) is 0 Å². The van der Waals surface area contributed by atoms with Crippen molar-refractivity contribution in [3.05, 3.63) is 70.5 Å². The molecule has 2 aromatic carbocycles. The monoisotopic (exact) mass is 423 g/mol. The summed E-state index contributed by atoms with van der Waals surface area (Å²) >= 11 is 0. The summed E-state index contributed by atoms with van der Waals surface area (Å²) in [6.45, 7) is 0.380. The molecule has 1 aromatic heterocycles. The molecule has 0 aliphatic carbocycles. The molecule has 0 saturated carbocycles. The van der Waals surface area contributed by atoms with E-state index in [1.165, 1.54) is 16.8 Å². The molecular weight excluding hydrogens is 402 g/mol. The number of nitrogens with zero attached hydrogens (tertiary/aromatic N) is 4. The van der Waals surface area contributed by atoms with Crippen LogP contribution in [0.25, 0.3) is 17.1 Å². The highest BCUT2D eigenvalue weighted by atomic mass is 16.6. The standard InChI is InChI=1S/C21H21N5O5/c27-18(28)9-5-2-6-14-22-21(29)19-23-20(15-7-3-1-4-8-15)25(24-19)16-10-12-17(13-11-16)26(30)31/h1,3-4,7-8,10-13H,2,5-6,9,14H2,(H,22,29)(H,27,28). The van der Waals surface area contributed by atoms with E-state index in [9.17, 15) is 19.7 Å². The maximum absolute atomic E-state index is 12.5. The number of carboxylic acids is 1. The van der Waals surface area contributed by atoms with Crippen molar-refractivity contribution < 1.29 is 19.6 Å². The van der Waals surface area contributed by atoms with Gasteiger partial charge in [-0.15, -0.1) is 5.10 Å². The van der Waals surface area contributed by atoms with Crippen LogP contribution in [0.3, 0.4) is 0 Å². The van der Waals surface area contributed by atoms with E-state index < -0.39 is 16.8 Å². The zero-order chi connectivity index (χ0) is 22.2. The average Bonchev–Trinajstić information content (AvgIpc) is 3.22. The third kappa shape index (κ3) is 5.72. The number of hydrogen-bond donors (Lipinski definition) is 2. The number of benzene rings is 2. The van der Waals surface area contributed by atoms with Gasteiger partial charge in [-0.3, -0.25) is 19.7 Å². The van der Waals surface area contributed by atoms with Crippen LogP contribution in [-0.2, 0) is 4.79 Å². The zero-order valence-corrected chi connectivity index (χ0v) is 16.6. The van der Waals surface area contributed by atoms with E-state index in [-0.39, 0.29) is 17.9 Å². The molecule has 1 heterocycles. The summed E-state index contributed by atoms with van der Waals surface area (Å²) in [5.41, 5.74) is 1.22. The number of aliphatic carboxylic acids is 1. The summed E-state index contributed by atoms with van der Waals surface area (Å²) in [6, 6.07) is 15.0. The molecule has 0 fully saturated rings. The molecule has 2 N–H and O–H groups in total. The number of rotatable bonds is 10. The minimum Gasteiger partial charge on any atom is -0.481 e. The maximum Gasteiger partial charge on any atom is 0.303 e. The molecule has 0 spiro atoms. The van der Waals surface area contributed by atoms with Crippen LogP contribution in [-0.4, -0.2) is 43.2 Å². The second kappa shape index (κ2) is 10.1. The summed E-state index contributed by atoms with van der Waals surface area (Å²) in [4.78, 5) is 37.9. The van der Waals surface area contributed by atoms with Gasteiger partial charge in [-0.05, 0) is 25.0 Å². The number of carbonyl (C=O) groups excluding carboxylic acids is 1. The first-order valence-electron chi connectivity index (χ1n) is 9.73. The Morgan fingerprint density at radius 1 is 1.03 bits per heavy atom. The molecule has 3 rings (SSSR count). The van der Waals surface area contributed by atoms with Gasteiger partial charge in [0.1, 0.15) is 0 Å². The maximum atomic E-state index is 12.5. The van der Waals surface area contributed by atoms with E-state index in [1.807, 2.05) is 30.3 Å². The lowest BCUT2D eigenvalue weighted by Crippen LogP contribution is -2.25. The first kappa shape index (κ1) is 21.6.